The maximum atomic E-state index is 11.6. The minimum absolute atomic E-state index is 0.0872. The molecule has 0 saturated carbocycles. The summed E-state index contributed by atoms with van der Waals surface area (Å²) in [6, 6.07) is 0. The summed E-state index contributed by atoms with van der Waals surface area (Å²) in [6.07, 6.45) is 1.81. The van der Waals surface area contributed by atoms with Crippen LogP contribution in [-0.4, -0.2) is 40.1 Å². The van der Waals surface area contributed by atoms with Crippen molar-refractivity contribution in [3.05, 3.63) is 0 Å². The highest BCUT2D eigenvalue weighted by molar-refractivity contribution is 8.00. The van der Waals surface area contributed by atoms with Crippen LogP contribution in [0.15, 0.2) is 0 Å². The van der Waals surface area contributed by atoms with Crippen molar-refractivity contribution in [1.82, 2.24) is 5.06 Å². The topological polar surface area (TPSA) is 72.9 Å². The first-order valence-corrected chi connectivity index (χ1v) is 7.52. The van der Waals surface area contributed by atoms with Crippen LogP contribution in [0.4, 0.5) is 4.79 Å². The lowest BCUT2D eigenvalue weighted by Crippen LogP contribution is -2.34. The Morgan fingerprint density at radius 3 is 2.68 bits per heavy atom. The third-order valence-corrected chi connectivity index (χ3v) is 4.58. The van der Waals surface area contributed by atoms with E-state index in [1.165, 1.54) is 0 Å². The average molecular weight is 287 g/mol. The largest absolute Gasteiger partial charge is 0.534 e. The van der Waals surface area contributed by atoms with Crippen molar-refractivity contribution in [3.8, 4) is 0 Å². The van der Waals surface area contributed by atoms with Crippen molar-refractivity contribution in [3.63, 3.8) is 0 Å². The van der Waals surface area contributed by atoms with E-state index >= 15 is 0 Å². The molecule has 19 heavy (non-hydrogen) atoms. The zero-order valence-electron chi connectivity index (χ0n) is 10.8. The first-order valence-electron chi connectivity index (χ1n) is 6.47. The maximum Gasteiger partial charge on any atom is 0.534 e. The van der Waals surface area contributed by atoms with Crippen LogP contribution in [0.2, 0.25) is 0 Å². The molecule has 2 rings (SSSR count). The molecule has 0 spiro atoms. The Morgan fingerprint density at radius 1 is 1.37 bits per heavy atom. The van der Waals surface area contributed by atoms with E-state index in [9.17, 15) is 14.4 Å². The Labute approximate surface area is 115 Å². The van der Waals surface area contributed by atoms with E-state index < -0.39 is 18.0 Å². The van der Waals surface area contributed by atoms with E-state index in [1.807, 2.05) is 0 Å². The zero-order chi connectivity index (χ0) is 13.8. The van der Waals surface area contributed by atoms with Crippen LogP contribution in [0.1, 0.15) is 39.0 Å². The molecule has 1 unspecified atom stereocenters. The lowest BCUT2D eigenvalue weighted by atomic mass is 10.1. The van der Waals surface area contributed by atoms with Crippen LogP contribution in [0.25, 0.3) is 0 Å². The molecule has 2 aliphatic heterocycles. The molecule has 0 radical (unpaired) electrons. The zero-order valence-corrected chi connectivity index (χ0v) is 11.6. The van der Waals surface area contributed by atoms with Crippen molar-refractivity contribution in [1.29, 1.82) is 0 Å². The van der Waals surface area contributed by atoms with Gasteiger partial charge in [0.1, 0.15) is 6.10 Å². The van der Waals surface area contributed by atoms with Crippen molar-refractivity contribution < 1.29 is 24.0 Å². The third-order valence-electron chi connectivity index (χ3n) is 3.14. The summed E-state index contributed by atoms with van der Waals surface area (Å²) in [5.74, 6) is -0.0369. The van der Waals surface area contributed by atoms with Gasteiger partial charge in [-0.15, -0.1) is 0 Å². The summed E-state index contributed by atoms with van der Waals surface area (Å²) in [5.41, 5.74) is 0. The number of hydrogen-bond donors (Lipinski definition) is 0. The SMILES string of the molecule is CCCC1SCC[C@H]1OC(=O)ON1C(=O)CCC1=O. The highest BCUT2D eigenvalue weighted by Crippen LogP contribution is 2.32. The fourth-order valence-corrected chi connectivity index (χ4v) is 3.67. The lowest BCUT2D eigenvalue weighted by molar-refractivity contribution is -0.178. The van der Waals surface area contributed by atoms with E-state index in [1.54, 1.807) is 11.8 Å². The van der Waals surface area contributed by atoms with Gasteiger partial charge in [-0.1, -0.05) is 18.4 Å². The molecule has 0 bridgehead atoms. The highest BCUT2D eigenvalue weighted by Gasteiger charge is 2.36. The van der Waals surface area contributed by atoms with Gasteiger partial charge in [0.25, 0.3) is 11.8 Å². The fraction of sp³-hybridized carbons (Fsp3) is 0.750. The van der Waals surface area contributed by atoms with Crippen LogP contribution in [0.3, 0.4) is 0 Å². The van der Waals surface area contributed by atoms with E-state index in [0.717, 1.165) is 25.0 Å². The van der Waals surface area contributed by atoms with Crippen molar-refractivity contribution in [2.24, 2.45) is 0 Å². The van der Waals surface area contributed by atoms with Gasteiger partial charge in [-0.3, -0.25) is 14.4 Å². The molecule has 7 heteroatoms. The number of carbonyl (C=O) groups is 3. The second-order valence-corrected chi connectivity index (χ2v) is 5.91. The number of hydroxylamine groups is 2. The van der Waals surface area contributed by atoms with Gasteiger partial charge in [-0.25, -0.2) is 4.79 Å². The molecule has 2 aliphatic rings. The number of carbonyl (C=O) groups excluding carboxylic acids is 3. The Kier molecular flexibility index (Phi) is 4.68. The molecule has 2 atom stereocenters. The predicted octanol–water partition coefficient (Wildman–Crippen LogP) is 1.88. The summed E-state index contributed by atoms with van der Waals surface area (Å²) in [7, 11) is 0. The molecule has 2 heterocycles. The minimum atomic E-state index is -0.961. The number of imide groups is 1. The minimum Gasteiger partial charge on any atom is -0.428 e. The van der Waals surface area contributed by atoms with Gasteiger partial charge in [-0.05, 0) is 18.6 Å². The summed E-state index contributed by atoms with van der Waals surface area (Å²) >= 11 is 1.78. The summed E-state index contributed by atoms with van der Waals surface area (Å²) in [4.78, 5) is 38.9. The Bertz CT molecular complexity index is 370. The molecular formula is C12H17NO5S. The average Bonchev–Trinajstić information content (AvgIpc) is 2.92. The molecular weight excluding hydrogens is 270 g/mol. The summed E-state index contributed by atoms with van der Waals surface area (Å²) in [6.45, 7) is 2.08. The smallest absolute Gasteiger partial charge is 0.428 e. The van der Waals surface area contributed by atoms with Gasteiger partial charge >= 0.3 is 6.16 Å². The van der Waals surface area contributed by atoms with E-state index in [-0.39, 0.29) is 24.2 Å². The quantitative estimate of drug-likeness (QED) is 0.580. The predicted molar refractivity (Wildman–Crippen MR) is 68.2 cm³/mol. The van der Waals surface area contributed by atoms with Crippen LogP contribution >= 0.6 is 11.8 Å². The van der Waals surface area contributed by atoms with Crippen molar-refractivity contribution in [2.75, 3.05) is 5.75 Å². The molecule has 0 N–H and O–H groups in total. The number of rotatable bonds is 4. The van der Waals surface area contributed by atoms with Gasteiger partial charge in [0.05, 0.1) is 0 Å². The van der Waals surface area contributed by atoms with E-state index in [0.29, 0.717) is 5.06 Å². The standard InChI is InChI=1S/C12H17NO5S/c1-2-3-9-8(6-7-19-9)17-12(16)18-13-10(14)4-5-11(13)15/h8-9H,2-7H2,1H3/t8-,9?/m1/s1. The van der Waals surface area contributed by atoms with Gasteiger partial charge in [0.2, 0.25) is 0 Å². The molecule has 2 saturated heterocycles. The first-order chi connectivity index (χ1) is 9.11. The summed E-state index contributed by atoms with van der Waals surface area (Å²) < 4.78 is 5.21. The van der Waals surface area contributed by atoms with Crippen LogP contribution in [0, 0.1) is 0 Å². The lowest BCUT2D eigenvalue weighted by Gasteiger charge is -2.19. The van der Waals surface area contributed by atoms with Crippen molar-refractivity contribution >= 4 is 29.7 Å². The second kappa shape index (κ2) is 6.27. The number of nitrogens with zero attached hydrogens (tertiary/aromatic N) is 1. The Hall–Kier alpha value is -1.24. The molecule has 0 aliphatic carbocycles. The number of hydrogen-bond acceptors (Lipinski definition) is 6. The van der Waals surface area contributed by atoms with Crippen molar-refractivity contribution in [2.45, 2.75) is 50.4 Å². The van der Waals surface area contributed by atoms with Crippen LogP contribution in [-0.2, 0) is 19.2 Å². The Balaban J connectivity index is 1.84. The monoisotopic (exact) mass is 287 g/mol. The van der Waals surface area contributed by atoms with Gasteiger partial charge in [-0.2, -0.15) is 11.8 Å². The van der Waals surface area contributed by atoms with Gasteiger partial charge in [0.15, 0.2) is 0 Å². The normalized spacial score (nSPS) is 26.9. The molecule has 0 aromatic carbocycles. The summed E-state index contributed by atoms with van der Waals surface area (Å²) in [5, 5.41) is 0.793. The third kappa shape index (κ3) is 3.40. The molecule has 0 aromatic rings. The second-order valence-electron chi connectivity index (χ2n) is 4.57. The first kappa shape index (κ1) is 14.2. The fourth-order valence-electron chi connectivity index (χ4n) is 2.19. The molecule has 2 amide bonds. The molecule has 6 nitrogen and oxygen atoms in total. The maximum absolute atomic E-state index is 11.6. The van der Waals surface area contributed by atoms with E-state index in [4.69, 9.17) is 4.74 Å². The number of thioether (sulfide) groups is 1. The number of amides is 2. The van der Waals surface area contributed by atoms with Gasteiger partial charge in [0, 0.05) is 18.1 Å². The molecule has 106 valence electrons. The van der Waals surface area contributed by atoms with Crippen LogP contribution < -0.4 is 0 Å². The molecule has 0 aromatic heterocycles. The van der Waals surface area contributed by atoms with Crippen LogP contribution in [0.5, 0.6) is 0 Å². The Morgan fingerprint density at radius 2 is 2.05 bits per heavy atom. The highest BCUT2D eigenvalue weighted by atomic mass is 32.2. The molecule has 2 fully saturated rings. The van der Waals surface area contributed by atoms with Gasteiger partial charge < -0.3 is 4.74 Å². The number of ether oxygens (including phenoxy) is 1. The van der Waals surface area contributed by atoms with E-state index in [2.05, 4.69) is 11.8 Å².